The third-order valence-corrected chi connectivity index (χ3v) is 8.76. The lowest BCUT2D eigenvalue weighted by atomic mass is 10.1. The topological polar surface area (TPSA) is 9.23 Å². The van der Waals surface area contributed by atoms with Crippen molar-refractivity contribution in [2.75, 3.05) is 7.11 Å². The highest BCUT2D eigenvalue weighted by Gasteiger charge is 2.28. The largest absolute Gasteiger partial charge is 0.420 e. The van der Waals surface area contributed by atoms with Crippen LogP contribution in [0.15, 0.2) is 18.2 Å². The number of unbranched alkanes of at least 4 members (excludes halogenated alkanes) is 1. The minimum Gasteiger partial charge on any atom is -0.420 e. The van der Waals surface area contributed by atoms with Crippen LogP contribution < -0.4 is 0 Å². The van der Waals surface area contributed by atoms with Gasteiger partial charge in [0.1, 0.15) is 0 Å². The van der Waals surface area contributed by atoms with Gasteiger partial charge in [-0.3, -0.25) is 0 Å². The van der Waals surface area contributed by atoms with E-state index in [9.17, 15) is 8.78 Å². The highest BCUT2D eigenvalue weighted by molar-refractivity contribution is 6.73. The van der Waals surface area contributed by atoms with E-state index in [4.69, 9.17) is 4.43 Å². The molecule has 0 N–H and O–H groups in total. The fraction of sp³-hybridized carbons (Fsp3) is 0.600. The summed E-state index contributed by atoms with van der Waals surface area (Å²) >= 11 is 0. The molecular weight excluding hydrogens is 262 g/mol. The Hall–Kier alpha value is -0.743. The van der Waals surface area contributed by atoms with Gasteiger partial charge in [-0.15, -0.1) is 0 Å². The van der Waals surface area contributed by atoms with Crippen LogP contribution in [-0.4, -0.2) is 15.4 Å². The van der Waals surface area contributed by atoms with Crippen LogP contribution in [0, 0.1) is 11.6 Å². The minimum atomic E-state index is -1.51. The molecule has 0 bridgehead atoms. The van der Waals surface area contributed by atoms with Gasteiger partial charge >= 0.3 is 0 Å². The lowest BCUT2D eigenvalue weighted by Gasteiger charge is -2.27. The summed E-state index contributed by atoms with van der Waals surface area (Å²) < 4.78 is 31.6. The van der Waals surface area contributed by atoms with Gasteiger partial charge in [-0.1, -0.05) is 26.3 Å². The van der Waals surface area contributed by atoms with Crippen molar-refractivity contribution >= 4 is 8.32 Å². The van der Waals surface area contributed by atoms with Crippen LogP contribution in [0.25, 0.3) is 0 Å². The second-order valence-electron chi connectivity index (χ2n) is 5.05. The van der Waals surface area contributed by atoms with E-state index < -0.39 is 20.0 Å². The summed E-state index contributed by atoms with van der Waals surface area (Å²) in [6.45, 7) is 4.41. The predicted molar refractivity (Wildman–Crippen MR) is 77.8 cm³/mol. The maximum Gasteiger partial charge on any atom is 0.191 e. The van der Waals surface area contributed by atoms with Crippen LogP contribution >= 0.6 is 0 Å². The minimum absolute atomic E-state index is 0.750. The van der Waals surface area contributed by atoms with E-state index in [-0.39, 0.29) is 0 Å². The highest BCUT2D eigenvalue weighted by Crippen LogP contribution is 2.24. The van der Waals surface area contributed by atoms with Crippen LogP contribution in [-0.2, 0) is 10.8 Å². The molecule has 0 fully saturated rings. The van der Waals surface area contributed by atoms with Crippen molar-refractivity contribution in [3.63, 3.8) is 0 Å². The van der Waals surface area contributed by atoms with E-state index in [1.54, 1.807) is 6.07 Å². The van der Waals surface area contributed by atoms with Crippen molar-refractivity contribution in [3.8, 4) is 0 Å². The predicted octanol–water partition coefficient (Wildman–Crippen LogP) is 4.92. The average molecular weight is 286 g/mol. The summed E-state index contributed by atoms with van der Waals surface area (Å²) in [5.74, 6) is -1.52. The van der Waals surface area contributed by atoms with E-state index in [2.05, 4.69) is 13.8 Å². The Morgan fingerprint density at radius 3 is 2.26 bits per heavy atom. The van der Waals surface area contributed by atoms with Gasteiger partial charge in [-0.05, 0) is 48.7 Å². The molecule has 0 aliphatic heterocycles. The smallest absolute Gasteiger partial charge is 0.191 e. The zero-order valence-electron chi connectivity index (χ0n) is 12.1. The number of benzene rings is 1. The lowest BCUT2D eigenvalue weighted by molar-refractivity contribution is 0.389. The van der Waals surface area contributed by atoms with Crippen molar-refractivity contribution in [1.82, 2.24) is 0 Å². The van der Waals surface area contributed by atoms with E-state index in [0.29, 0.717) is 0 Å². The SMILES string of the molecule is CC[Si](CC)(CCCCc1ccc(F)c(F)c1)OC. The Kier molecular flexibility index (Phi) is 6.65. The van der Waals surface area contributed by atoms with Crippen molar-refractivity contribution in [2.45, 2.75) is 51.2 Å². The van der Waals surface area contributed by atoms with Crippen LogP contribution in [0.5, 0.6) is 0 Å². The van der Waals surface area contributed by atoms with Crippen molar-refractivity contribution < 1.29 is 13.2 Å². The molecule has 1 aromatic rings. The molecular formula is C15H24F2OSi. The van der Waals surface area contributed by atoms with Crippen molar-refractivity contribution in [1.29, 1.82) is 0 Å². The van der Waals surface area contributed by atoms with Gasteiger partial charge in [-0.2, -0.15) is 0 Å². The van der Waals surface area contributed by atoms with Gasteiger partial charge < -0.3 is 4.43 Å². The summed E-state index contributed by atoms with van der Waals surface area (Å²) in [5, 5.41) is 0. The molecule has 0 aliphatic rings. The zero-order chi connectivity index (χ0) is 14.3. The Morgan fingerprint density at radius 1 is 1.05 bits per heavy atom. The van der Waals surface area contributed by atoms with Gasteiger partial charge in [0, 0.05) is 7.11 Å². The molecule has 0 unspecified atom stereocenters. The maximum atomic E-state index is 13.1. The molecule has 0 atom stereocenters. The fourth-order valence-corrected chi connectivity index (χ4v) is 5.35. The third kappa shape index (κ3) is 4.69. The fourth-order valence-electron chi connectivity index (χ4n) is 2.47. The molecule has 0 heterocycles. The molecule has 0 aromatic heterocycles. The summed E-state index contributed by atoms with van der Waals surface area (Å²) in [5.41, 5.74) is 0.872. The lowest BCUT2D eigenvalue weighted by Crippen LogP contribution is -2.34. The monoisotopic (exact) mass is 286 g/mol. The summed E-state index contributed by atoms with van der Waals surface area (Å²) in [6, 6.07) is 7.61. The molecule has 19 heavy (non-hydrogen) atoms. The molecule has 0 saturated carbocycles. The van der Waals surface area contributed by atoms with Gasteiger partial charge in [-0.25, -0.2) is 8.78 Å². The molecule has 0 amide bonds. The van der Waals surface area contributed by atoms with Crippen molar-refractivity contribution in [2.24, 2.45) is 0 Å². The first-order valence-corrected chi connectivity index (χ1v) is 9.59. The molecule has 0 saturated heterocycles. The quantitative estimate of drug-likeness (QED) is 0.487. The van der Waals surface area contributed by atoms with Crippen LogP contribution in [0.4, 0.5) is 8.78 Å². The molecule has 108 valence electrons. The van der Waals surface area contributed by atoms with E-state index in [0.717, 1.165) is 43.0 Å². The third-order valence-electron chi connectivity index (χ3n) is 4.05. The Labute approximate surface area is 116 Å². The van der Waals surface area contributed by atoms with Crippen LogP contribution in [0.3, 0.4) is 0 Å². The van der Waals surface area contributed by atoms with Gasteiger partial charge in [0.05, 0.1) is 0 Å². The first-order valence-electron chi connectivity index (χ1n) is 7.06. The van der Waals surface area contributed by atoms with Gasteiger partial charge in [0.2, 0.25) is 0 Å². The second-order valence-corrected chi connectivity index (χ2v) is 9.74. The standard InChI is InChI=1S/C15H24F2OSi/c1-4-19(5-2,18-3)11-7-6-8-13-9-10-14(16)15(17)12-13/h9-10,12H,4-8,11H2,1-3H3. The number of aryl methyl sites for hydroxylation is 1. The average Bonchev–Trinajstić information content (AvgIpc) is 2.44. The molecule has 0 radical (unpaired) electrons. The maximum absolute atomic E-state index is 13.1. The van der Waals surface area contributed by atoms with E-state index in [1.807, 2.05) is 7.11 Å². The molecule has 1 aromatic carbocycles. The molecule has 4 heteroatoms. The Bertz CT molecular complexity index is 383. The molecule has 0 spiro atoms. The summed E-state index contributed by atoms with van der Waals surface area (Å²) in [7, 11) is 0.318. The second kappa shape index (κ2) is 7.75. The summed E-state index contributed by atoms with van der Waals surface area (Å²) in [4.78, 5) is 0. The van der Waals surface area contributed by atoms with Gasteiger partial charge in [0.15, 0.2) is 20.0 Å². The zero-order valence-corrected chi connectivity index (χ0v) is 13.1. The number of rotatable bonds is 8. The highest BCUT2D eigenvalue weighted by atomic mass is 28.4. The first-order chi connectivity index (χ1) is 9.06. The number of hydrogen-bond acceptors (Lipinski definition) is 1. The van der Waals surface area contributed by atoms with Crippen LogP contribution in [0.1, 0.15) is 32.3 Å². The molecule has 1 nitrogen and oxygen atoms in total. The molecule has 0 aliphatic carbocycles. The number of hydrogen-bond donors (Lipinski definition) is 0. The van der Waals surface area contributed by atoms with Crippen LogP contribution in [0.2, 0.25) is 18.1 Å². The molecule has 1 rings (SSSR count). The number of halogens is 2. The van der Waals surface area contributed by atoms with E-state index in [1.165, 1.54) is 12.1 Å². The Balaban J connectivity index is 2.40. The van der Waals surface area contributed by atoms with Crippen molar-refractivity contribution in [3.05, 3.63) is 35.4 Å². The normalized spacial score (nSPS) is 11.8. The first kappa shape index (κ1) is 16.3. The Morgan fingerprint density at radius 2 is 1.74 bits per heavy atom. The van der Waals surface area contributed by atoms with Gasteiger partial charge in [0.25, 0.3) is 0 Å². The summed E-state index contributed by atoms with van der Waals surface area (Å²) in [6.07, 6.45) is 2.91. The van der Waals surface area contributed by atoms with E-state index >= 15 is 0 Å².